The van der Waals surface area contributed by atoms with Crippen molar-refractivity contribution in [2.75, 3.05) is 6.54 Å². The minimum Gasteiger partial charge on any atom is -0.351 e. The molecule has 0 bridgehead atoms. The summed E-state index contributed by atoms with van der Waals surface area (Å²) < 4.78 is 0. The molecule has 1 aliphatic rings. The molecule has 2 amide bonds. The number of likely N-dealkylation sites (tertiary alicyclic amines) is 1. The zero-order valence-corrected chi connectivity index (χ0v) is 15.7. The SMILES string of the molecule is Cc1ccc(CN2CC(C(=O)NCc3sc(C)nc3C)CC2=O)cc1. The third-order valence-electron chi connectivity index (χ3n) is 4.50. The summed E-state index contributed by atoms with van der Waals surface area (Å²) >= 11 is 1.60. The van der Waals surface area contributed by atoms with Crippen molar-refractivity contribution >= 4 is 23.2 Å². The number of hydrogen-bond donors (Lipinski definition) is 1. The van der Waals surface area contributed by atoms with E-state index in [0.29, 0.717) is 26.1 Å². The quantitative estimate of drug-likeness (QED) is 0.895. The number of hydrogen-bond acceptors (Lipinski definition) is 4. The van der Waals surface area contributed by atoms with Crippen LogP contribution in [0.25, 0.3) is 0 Å². The number of aryl methyl sites for hydroxylation is 3. The molecule has 0 aliphatic carbocycles. The van der Waals surface area contributed by atoms with Gasteiger partial charge in [0.1, 0.15) is 0 Å². The maximum absolute atomic E-state index is 12.4. The van der Waals surface area contributed by atoms with E-state index in [-0.39, 0.29) is 17.7 Å². The van der Waals surface area contributed by atoms with Gasteiger partial charge in [0.15, 0.2) is 0 Å². The van der Waals surface area contributed by atoms with Crippen LogP contribution in [-0.2, 0) is 22.7 Å². The Labute approximate surface area is 152 Å². The predicted molar refractivity (Wildman–Crippen MR) is 98.1 cm³/mol. The second-order valence-corrected chi connectivity index (χ2v) is 7.91. The lowest BCUT2D eigenvalue weighted by atomic mass is 10.1. The summed E-state index contributed by atoms with van der Waals surface area (Å²) in [6.45, 7) is 7.49. The normalized spacial score (nSPS) is 17.2. The van der Waals surface area contributed by atoms with E-state index in [1.165, 1.54) is 5.56 Å². The monoisotopic (exact) mass is 357 g/mol. The topological polar surface area (TPSA) is 62.3 Å². The molecule has 0 spiro atoms. The Morgan fingerprint density at radius 3 is 2.64 bits per heavy atom. The molecule has 132 valence electrons. The standard InChI is InChI=1S/C19H23N3O2S/c1-12-4-6-15(7-5-12)10-22-11-16(8-18(22)23)19(24)20-9-17-13(2)21-14(3)25-17/h4-7,16H,8-11H2,1-3H3,(H,20,24). The van der Waals surface area contributed by atoms with Gasteiger partial charge in [-0.05, 0) is 26.3 Å². The zero-order chi connectivity index (χ0) is 18.0. The van der Waals surface area contributed by atoms with E-state index >= 15 is 0 Å². The molecule has 2 aromatic rings. The van der Waals surface area contributed by atoms with E-state index < -0.39 is 0 Å². The minimum absolute atomic E-state index is 0.0468. The van der Waals surface area contributed by atoms with E-state index in [2.05, 4.69) is 10.3 Å². The number of rotatable bonds is 5. The molecule has 6 heteroatoms. The third-order valence-corrected chi connectivity index (χ3v) is 5.57. The Bertz CT molecular complexity index is 782. The average Bonchev–Trinajstić information content (AvgIpc) is 3.09. The van der Waals surface area contributed by atoms with Gasteiger partial charge in [0.2, 0.25) is 11.8 Å². The highest BCUT2D eigenvalue weighted by Crippen LogP contribution is 2.22. The summed E-state index contributed by atoms with van der Waals surface area (Å²) in [6, 6.07) is 8.15. The van der Waals surface area contributed by atoms with Crippen molar-refractivity contribution in [2.24, 2.45) is 5.92 Å². The maximum atomic E-state index is 12.4. The predicted octanol–water partition coefficient (Wildman–Crippen LogP) is 2.73. The fraction of sp³-hybridized carbons (Fsp3) is 0.421. The molecule has 1 unspecified atom stereocenters. The Morgan fingerprint density at radius 2 is 2.00 bits per heavy atom. The van der Waals surface area contributed by atoms with Crippen LogP contribution in [0.1, 0.15) is 33.1 Å². The van der Waals surface area contributed by atoms with Gasteiger partial charge >= 0.3 is 0 Å². The Balaban J connectivity index is 1.55. The molecule has 2 heterocycles. The van der Waals surface area contributed by atoms with Gasteiger partial charge < -0.3 is 10.2 Å². The van der Waals surface area contributed by atoms with Gasteiger partial charge in [0.05, 0.1) is 23.2 Å². The van der Waals surface area contributed by atoms with Crippen LogP contribution in [0.4, 0.5) is 0 Å². The molecule has 3 rings (SSSR count). The van der Waals surface area contributed by atoms with Crippen LogP contribution in [0.5, 0.6) is 0 Å². The molecule has 1 aliphatic heterocycles. The van der Waals surface area contributed by atoms with Crippen LogP contribution in [0.3, 0.4) is 0 Å². The highest BCUT2D eigenvalue weighted by molar-refractivity contribution is 7.11. The van der Waals surface area contributed by atoms with E-state index in [9.17, 15) is 9.59 Å². The Morgan fingerprint density at radius 1 is 1.28 bits per heavy atom. The summed E-state index contributed by atoms with van der Waals surface area (Å²) in [5.41, 5.74) is 3.25. The first-order valence-electron chi connectivity index (χ1n) is 8.46. The van der Waals surface area contributed by atoms with Gasteiger partial charge in [-0.25, -0.2) is 4.98 Å². The van der Waals surface area contributed by atoms with Crippen molar-refractivity contribution < 1.29 is 9.59 Å². The number of nitrogens with one attached hydrogen (secondary N) is 1. The van der Waals surface area contributed by atoms with Crippen molar-refractivity contribution in [3.8, 4) is 0 Å². The van der Waals surface area contributed by atoms with Crippen molar-refractivity contribution in [1.29, 1.82) is 0 Å². The second-order valence-electron chi connectivity index (χ2n) is 6.62. The molecule has 5 nitrogen and oxygen atoms in total. The number of thiazole rings is 1. The van der Waals surface area contributed by atoms with Crippen LogP contribution in [0, 0.1) is 26.7 Å². The molecule has 1 atom stereocenters. The molecule has 0 saturated carbocycles. The van der Waals surface area contributed by atoms with Crippen LogP contribution in [0.15, 0.2) is 24.3 Å². The summed E-state index contributed by atoms with van der Waals surface area (Å²) in [7, 11) is 0. The van der Waals surface area contributed by atoms with Gasteiger partial charge in [0, 0.05) is 24.4 Å². The lowest BCUT2D eigenvalue weighted by Crippen LogP contribution is -2.32. The maximum Gasteiger partial charge on any atom is 0.225 e. The molecular formula is C19H23N3O2S. The van der Waals surface area contributed by atoms with Crippen molar-refractivity contribution in [3.05, 3.63) is 51.0 Å². The van der Waals surface area contributed by atoms with Crippen LogP contribution in [0.2, 0.25) is 0 Å². The number of nitrogens with zero attached hydrogens (tertiary/aromatic N) is 2. The van der Waals surface area contributed by atoms with Gasteiger partial charge in [-0.1, -0.05) is 29.8 Å². The first-order chi connectivity index (χ1) is 11.9. The molecular weight excluding hydrogens is 334 g/mol. The molecule has 0 radical (unpaired) electrons. The van der Waals surface area contributed by atoms with Crippen molar-refractivity contribution in [2.45, 2.75) is 40.3 Å². The Kier molecular flexibility index (Phi) is 5.18. The minimum atomic E-state index is -0.271. The van der Waals surface area contributed by atoms with E-state index in [0.717, 1.165) is 21.1 Å². The van der Waals surface area contributed by atoms with Gasteiger partial charge in [-0.15, -0.1) is 11.3 Å². The second kappa shape index (κ2) is 7.35. The van der Waals surface area contributed by atoms with Gasteiger partial charge in [0.25, 0.3) is 0 Å². The summed E-state index contributed by atoms with van der Waals surface area (Å²) in [5.74, 6) is -0.275. The summed E-state index contributed by atoms with van der Waals surface area (Å²) in [4.78, 5) is 31.9. The number of amides is 2. The number of benzene rings is 1. The highest BCUT2D eigenvalue weighted by atomic mass is 32.1. The molecule has 1 aromatic heterocycles. The van der Waals surface area contributed by atoms with E-state index in [1.54, 1.807) is 16.2 Å². The largest absolute Gasteiger partial charge is 0.351 e. The molecule has 1 saturated heterocycles. The molecule has 1 N–H and O–H groups in total. The van der Waals surface area contributed by atoms with Crippen LogP contribution in [-0.4, -0.2) is 28.2 Å². The van der Waals surface area contributed by atoms with Gasteiger partial charge in [-0.3, -0.25) is 9.59 Å². The number of carbonyl (C=O) groups is 2. The Hall–Kier alpha value is -2.21. The highest BCUT2D eigenvalue weighted by Gasteiger charge is 2.34. The first kappa shape index (κ1) is 17.6. The lowest BCUT2D eigenvalue weighted by Gasteiger charge is -2.17. The smallest absolute Gasteiger partial charge is 0.225 e. The zero-order valence-electron chi connectivity index (χ0n) is 14.8. The third kappa shape index (κ3) is 4.25. The fourth-order valence-corrected chi connectivity index (χ4v) is 3.94. The van der Waals surface area contributed by atoms with Crippen LogP contribution >= 0.6 is 11.3 Å². The summed E-state index contributed by atoms with van der Waals surface area (Å²) in [6.07, 6.45) is 0.290. The van der Waals surface area contributed by atoms with E-state index in [1.807, 2.05) is 45.0 Å². The molecule has 25 heavy (non-hydrogen) atoms. The molecule has 1 fully saturated rings. The van der Waals surface area contributed by atoms with Crippen LogP contribution < -0.4 is 5.32 Å². The average molecular weight is 357 g/mol. The first-order valence-corrected chi connectivity index (χ1v) is 9.28. The lowest BCUT2D eigenvalue weighted by molar-refractivity contribution is -0.129. The van der Waals surface area contributed by atoms with Gasteiger partial charge in [-0.2, -0.15) is 0 Å². The van der Waals surface area contributed by atoms with E-state index in [4.69, 9.17) is 0 Å². The van der Waals surface area contributed by atoms with Crippen molar-refractivity contribution in [1.82, 2.24) is 15.2 Å². The fourth-order valence-electron chi connectivity index (χ4n) is 3.06. The summed E-state index contributed by atoms with van der Waals surface area (Å²) in [5, 5.41) is 3.96. The molecule has 1 aromatic carbocycles. The van der Waals surface area contributed by atoms with Crippen molar-refractivity contribution in [3.63, 3.8) is 0 Å². The number of carbonyl (C=O) groups excluding carboxylic acids is 2. The number of aromatic nitrogens is 1.